The van der Waals surface area contributed by atoms with Crippen molar-refractivity contribution in [3.8, 4) is 11.5 Å². The van der Waals surface area contributed by atoms with Gasteiger partial charge in [0.2, 0.25) is 0 Å². The number of ether oxygens (including phenoxy) is 2. The average Bonchev–Trinajstić information content (AvgIpc) is 3.48. The normalized spacial score (nSPS) is 12.9. The van der Waals surface area contributed by atoms with E-state index < -0.39 is 5.97 Å². The van der Waals surface area contributed by atoms with E-state index in [0.717, 1.165) is 73.2 Å². The van der Waals surface area contributed by atoms with Gasteiger partial charge < -0.3 is 14.0 Å². The van der Waals surface area contributed by atoms with Crippen molar-refractivity contribution >= 4 is 45.6 Å². The maximum absolute atomic E-state index is 12.8. The fraction of sp³-hybridized carbons (Fsp3) is 0.314. The van der Waals surface area contributed by atoms with Crippen molar-refractivity contribution in [2.75, 3.05) is 6.54 Å². The molecule has 0 spiro atoms. The molecule has 43 heavy (non-hydrogen) atoms. The topological polar surface area (TPSA) is 94.9 Å². The number of esters is 2. The first-order valence-electron chi connectivity index (χ1n) is 14.9. The predicted molar refractivity (Wildman–Crippen MR) is 165 cm³/mol. The van der Waals surface area contributed by atoms with Crippen molar-refractivity contribution in [3.63, 3.8) is 0 Å². The molecule has 1 aromatic heterocycles. The molecule has 0 radical (unpaired) electrons. The Morgan fingerprint density at radius 3 is 1.98 bits per heavy atom. The Hall–Kier alpha value is -4.72. The van der Waals surface area contributed by atoms with Gasteiger partial charge in [0, 0.05) is 54.5 Å². The number of rotatable bonds is 14. The summed E-state index contributed by atoms with van der Waals surface area (Å²) in [4.78, 5) is 49.4. The first-order chi connectivity index (χ1) is 20.9. The van der Waals surface area contributed by atoms with Crippen LogP contribution in [0.1, 0.15) is 68.1 Å². The lowest BCUT2D eigenvalue weighted by atomic mass is 10.1. The lowest BCUT2D eigenvalue weighted by molar-refractivity contribution is -0.137. The highest BCUT2D eigenvalue weighted by Gasteiger charge is 2.22. The number of aromatic nitrogens is 1. The van der Waals surface area contributed by atoms with Crippen molar-refractivity contribution in [2.45, 2.75) is 57.8 Å². The third-order valence-corrected chi connectivity index (χ3v) is 7.83. The summed E-state index contributed by atoms with van der Waals surface area (Å²) < 4.78 is 13.2. The van der Waals surface area contributed by atoms with Crippen LogP contribution in [-0.4, -0.2) is 39.8 Å². The van der Waals surface area contributed by atoms with Gasteiger partial charge in [-0.05, 0) is 55.3 Å². The highest BCUT2D eigenvalue weighted by Crippen LogP contribution is 2.31. The van der Waals surface area contributed by atoms with Gasteiger partial charge in [0.05, 0.1) is 11.1 Å². The zero-order chi connectivity index (χ0) is 30.2. The SMILES string of the molecule is Cn1c2ccccc2c2ccc(OC(=O)c3ccc(OC(=O)CCCCCCCCCCN4C(=O)C=CC4=O)cc3)cc21. The van der Waals surface area contributed by atoms with Crippen molar-refractivity contribution in [1.29, 1.82) is 0 Å². The number of amides is 2. The molecule has 0 atom stereocenters. The van der Waals surface area contributed by atoms with Gasteiger partial charge >= 0.3 is 11.9 Å². The first kappa shape index (κ1) is 29.8. The largest absolute Gasteiger partial charge is 0.427 e. The molecule has 2 heterocycles. The van der Waals surface area contributed by atoms with E-state index >= 15 is 0 Å². The Morgan fingerprint density at radius 2 is 1.26 bits per heavy atom. The Morgan fingerprint density at radius 1 is 0.651 bits per heavy atom. The van der Waals surface area contributed by atoms with Gasteiger partial charge in [0.25, 0.3) is 11.8 Å². The average molecular weight is 581 g/mol. The third-order valence-electron chi connectivity index (χ3n) is 7.83. The highest BCUT2D eigenvalue weighted by molar-refractivity contribution is 6.12. The molecule has 1 aliphatic heterocycles. The summed E-state index contributed by atoms with van der Waals surface area (Å²) in [5.74, 6) is -0.348. The second-order valence-electron chi connectivity index (χ2n) is 10.9. The number of fused-ring (bicyclic) bond motifs is 3. The zero-order valence-corrected chi connectivity index (χ0v) is 24.4. The zero-order valence-electron chi connectivity index (χ0n) is 24.4. The lowest BCUT2D eigenvalue weighted by Gasteiger charge is -2.12. The smallest absolute Gasteiger partial charge is 0.343 e. The minimum absolute atomic E-state index is 0.216. The van der Waals surface area contributed by atoms with E-state index in [9.17, 15) is 19.2 Å². The van der Waals surface area contributed by atoms with E-state index in [1.54, 1.807) is 30.3 Å². The van der Waals surface area contributed by atoms with E-state index in [-0.39, 0.29) is 17.8 Å². The van der Waals surface area contributed by atoms with E-state index in [1.165, 1.54) is 17.1 Å². The maximum atomic E-state index is 12.8. The van der Waals surface area contributed by atoms with Gasteiger partial charge in [-0.2, -0.15) is 0 Å². The molecule has 0 aliphatic carbocycles. The van der Waals surface area contributed by atoms with Crippen LogP contribution >= 0.6 is 0 Å². The van der Waals surface area contributed by atoms with Crippen LogP contribution in [0.3, 0.4) is 0 Å². The maximum Gasteiger partial charge on any atom is 0.343 e. The Bertz CT molecular complexity index is 1650. The fourth-order valence-corrected chi connectivity index (χ4v) is 5.46. The van der Waals surface area contributed by atoms with Gasteiger partial charge in [-0.15, -0.1) is 0 Å². The molecule has 8 nitrogen and oxygen atoms in total. The van der Waals surface area contributed by atoms with Gasteiger partial charge in [-0.1, -0.05) is 56.7 Å². The van der Waals surface area contributed by atoms with Crippen LogP contribution in [0.4, 0.5) is 0 Å². The minimum Gasteiger partial charge on any atom is -0.427 e. The number of carbonyl (C=O) groups excluding carboxylic acids is 4. The molecule has 8 heteroatoms. The number of unbranched alkanes of at least 4 members (excludes halogenated alkanes) is 7. The molecular formula is C35H36N2O6. The number of para-hydroxylation sites is 1. The van der Waals surface area contributed by atoms with Crippen LogP contribution in [0, 0.1) is 0 Å². The van der Waals surface area contributed by atoms with E-state index in [4.69, 9.17) is 9.47 Å². The highest BCUT2D eigenvalue weighted by atomic mass is 16.5. The van der Waals surface area contributed by atoms with Crippen LogP contribution in [0.25, 0.3) is 21.8 Å². The monoisotopic (exact) mass is 580 g/mol. The predicted octanol–water partition coefficient (Wildman–Crippen LogP) is 6.89. The molecule has 0 unspecified atom stereocenters. The summed E-state index contributed by atoms with van der Waals surface area (Å²) in [5.41, 5.74) is 2.46. The summed E-state index contributed by atoms with van der Waals surface area (Å²) in [6.07, 6.45) is 10.8. The minimum atomic E-state index is -0.481. The quantitative estimate of drug-likeness (QED) is 0.0698. The van der Waals surface area contributed by atoms with Crippen LogP contribution in [0.15, 0.2) is 78.9 Å². The van der Waals surface area contributed by atoms with E-state index in [0.29, 0.717) is 30.0 Å². The fourth-order valence-electron chi connectivity index (χ4n) is 5.46. The first-order valence-corrected chi connectivity index (χ1v) is 14.9. The van der Waals surface area contributed by atoms with E-state index in [1.807, 2.05) is 31.3 Å². The summed E-state index contributed by atoms with van der Waals surface area (Å²) in [7, 11) is 1.99. The second-order valence-corrected chi connectivity index (χ2v) is 10.9. The van der Waals surface area contributed by atoms with Crippen LogP contribution in [-0.2, 0) is 21.4 Å². The lowest BCUT2D eigenvalue weighted by Crippen LogP contribution is -2.30. The number of aryl methyl sites for hydroxylation is 1. The molecular weight excluding hydrogens is 544 g/mol. The van der Waals surface area contributed by atoms with Crippen molar-refractivity contribution in [1.82, 2.24) is 9.47 Å². The molecule has 0 N–H and O–H groups in total. The molecule has 1 aliphatic rings. The third kappa shape index (κ3) is 7.38. The Labute approximate surface area is 250 Å². The number of benzene rings is 3. The van der Waals surface area contributed by atoms with Crippen molar-refractivity contribution in [2.24, 2.45) is 7.05 Å². The standard InChI is InChI=1S/C35H36N2O6/c1-36-30-13-10-9-12-28(30)29-20-19-27(24-31(29)36)43-35(41)25-15-17-26(18-16-25)42-34(40)14-8-6-4-2-3-5-7-11-23-37-32(38)21-22-33(37)39/h9-10,12-13,15-22,24H,2-8,11,14,23H2,1H3. The van der Waals surface area contributed by atoms with Gasteiger partial charge in [-0.3, -0.25) is 19.3 Å². The van der Waals surface area contributed by atoms with Gasteiger partial charge in [-0.25, -0.2) is 4.79 Å². The van der Waals surface area contributed by atoms with Crippen molar-refractivity contribution < 1.29 is 28.7 Å². The van der Waals surface area contributed by atoms with Gasteiger partial charge in [0.15, 0.2) is 0 Å². The second kappa shape index (κ2) is 14.0. The summed E-state index contributed by atoms with van der Waals surface area (Å²) in [6.45, 7) is 0.489. The molecule has 222 valence electrons. The number of hydrogen-bond acceptors (Lipinski definition) is 6. The summed E-state index contributed by atoms with van der Waals surface area (Å²) in [6, 6.07) is 20.2. The summed E-state index contributed by atoms with van der Waals surface area (Å²) in [5, 5.41) is 2.25. The molecule has 0 saturated heterocycles. The van der Waals surface area contributed by atoms with Gasteiger partial charge in [0.1, 0.15) is 11.5 Å². The van der Waals surface area contributed by atoms with Crippen LogP contribution in [0.2, 0.25) is 0 Å². The number of imide groups is 1. The van der Waals surface area contributed by atoms with E-state index in [2.05, 4.69) is 16.7 Å². The van der Waals surface area contributed by atoms with Crippen molar-refractivity contribution in [3.05, 3.63) is 84.4 Å². The van der Waals surface area contributed by atoms with Crippen LogP contribution in [0.5, 0.6) is 11.5 Å². The molecule has 0 saturated carbocycles. The molecule has 0 bridgehead atoms. The number of nitrogens with zero attached hydrogens (tertiary/aromatic N) is 2. The Kier molecular flexibility index (Phi) is 9.66. The van der Waals surface area contributed by atoms with Crippen LogP contribution < -0.4 is 9.47 Å². The molecule has 2 amide bonds. The number of carbonyl (C=O) groups is 4. The number of hydrogen-bond donors (Lipinski definition) is 0. The molecule has 0 fully saturated rings. The summed E-state index contributed by atoms with van der Waals surface area (Å²) >= 11 is 0. The molecule has 4 aromatic rings. The Balaban J connectivity index is 0.972. The molecule has 3 aromatic carbocycles. The molecule has 5 rings (SSSR count).